The van der Waals surface area contributed by atoms with Crippen LogP contribution in [0.2, 0.25) is 4.34 Å². The minimum Gasteiger partial charge on any atom is -0.508 e. The van der Waals surface area contributed by atoms with E-state index in [1.54, 1.807) is 11.3 Å². The summed E-state index contributed by atoms with van der Waals surface area (Å²) in [6.45, 7) is 3.93. The molecule has 0 fully saturated rings. The maximum atomic E-state index is 9.70. The summed E-state index contributed by atoms with van der Waals surface area (Å²) in [7, 11) is 0. The first-order valence-electron chi connectivity index (χ1n) is 6.39. The fraction of sp³-hybridized carbons (Fsp3) is 0.333. The fourth-order valence-electron chi connectivity index (χ4n) is 2.62. The quantitative estimate of drug-likeness (QED) is 0.778. The third-order valence-corrected chi connectivity index (χ3v) is 5.06. The summed E-state index contributed by atoms with van der Waals surface area (Å²) in [5, 5.41) is 13.3. The van der Waals surface area contributed by atoms with E-state index >= 15 is 0 Å². The van der Waals surface area contributed by atoms with Gasteiger partial charge in [0.1, 0.15) is 5.75 Å². The highest BCUT2D eigenvalue weighted by atomic mass is 35.5. The zero-order chi connectivity index (χ0) is 13.6. The van der Waals surface area contributed by atoms with Crippen LogP contribution in [0.15, 0.2) is 18.2 Å². The van der Waals surface area contributed by atoms with Crippen LogP contribution in [0, 0.1) is 13.8 Å². The van der Waals surface area contributed by atoms with Gasteiger partial charge in [-0.1, -0.05) is 11.6 Å². The molecule has 19 heavy (non-hydrogen) atoms. The van der Waals surface area contributed by atoms with Crippen LogP contribution in [-0.2, 0) is 6.42 Å². The van der Waals surface area contributed by atoms with Crippen molar-refractivity contribution in [1.82, 2.24) is 0 Å². The Morgan fingerprint density at radius 3 is 2.84 bits per heavy atom. The number of hydrogen-bond acceptors (Lipinski definition) is 3. The van der Waals surface area contributed by atoms with Crippen molar-refractivity contribution in [3.05, 3.63) is 44.1 Å². The first kappa shape index (κ1) is 12.8. The van der Waals surface area contributed by atoms with E-state index < -0.39 is 0 Å². The maximum absolute atomic E-state index is 9.70. The third-order valence-electron chi connectivity index (χ3n) is 3.72. The molecule has 1 aliphatic carbocycles. The molecule has 0 radical (unpaired) electrons. The zero-order valence-corrected chi connectivity index (χ0v) is 12.5. The molecule has 1 unspecified atom stereocenters. The number of rotatable bonds is 2. The van der Waals surface area contributed by atoms with Gasteiger partial charge in [0.2, 0.25) is 0 Å². The summed E-state index contributed by atoms with van der Waals surface area (Å²) >= 11 is 7.77. The Hall–Kier alpha value is -1.19. The van der Waals surface area contributed by atoms with Crippen LogP contribution in [0.25, 0.3) is 0 Å². The largest absolute Gasteiger partial charge is 0.508 e. The van der Waals surface area contributed by atoms with Crippen LogP contribution in [0.4, 0.5) is 5.69 Å². The Morgan fingerprint density at radius 2 is 2.05 bits per heavy atom. The number of halogens is 1. The molecule has 2 N–H and O–H groups in total. The summed E-state index contributed by atoms with van der Waals surface area (Å²) in [6, 6.07) is 6.24. The molecular weight excluding hydrogens is 278 g/mol. The SMILES string of the molecule is Cc1cc(NC2CCc3sc(Cl)cc32)c(C)cc1O. The number of phenols is 1. The van der Waals surface area contributed by atoms with Gasteiger partial charge >= 0.3 is 0 Å². The van der Waals surface area contributed by atoms with Gasteiger partial charge in [0, 0.05) is 10.6 Å². The lowest BCUT2D eigenvalue weighted by molar-refractivity contribution is 0.470. The van der Waals surface area contributed by atoms with E-state index in [4.69, 9.17) is 11.6 Å². The van der Waals surface area contributed by atoms with Crippen molar-refractivity contribution in [1.29, 1.82) is 0 Å². The van der Waals surface area contributed by atoms with Crippen molar-refractivity contribution in [2.24, 2.45) is 0 Å². The van der Waals surface area contributed by atoms with E-state index in [2.05, 4.69) is 11.4 Å². The van der Waals surface area contributed by atoms with Gasteiger partial charge in [0.15, 0.2) is 0 Å². The number of fused-ring (bicyclic) bond motifs is 1. The van der Waals surface area contributed by atoms with Gasteiger partial charge in [0.25, 0.3) is 0 Å². The molecule has 0 saturated carbocycles. The second-order valence-electron chi connectivity index (χ2n) is 5.12. The third kappa shape index (κ3) is 2.33. The molecular formula is C15H16ClNOS. The molecule has 100 valence electrons. The van der Waals surface area contributed by atoms with Crippen LogP contribution in [-0.4, -0.2) is 5.11 Å². The van der Waals surface area contributed by atoms with Crippen molar-refractivity contribution < 1.29 is 5.11 Å². The summed E-state index contributed by atoms with van der Waals surface area (Å²) < 4.78 is 0.870. The van der Waals surface area contributed by atoms with Gasteiger partial charge in [-0.2, -0.15) is 0 Å². The van der Waals surface area contributed by atoms with E-state index in [1.807, 2.05) is 26.0 Å². The summed E-state index contributed by atoms with van der Waals surface area (Å²) in [6.07, 6.45) is 2.21. The zero-order valence-electron chi connectivity index (χ0n) is 11.0. The number of hydrogen-bond donors (Lipinski definition) is 2. The monoisotopic (exact) mass is 293 g/mol. The molecule has 0 saturated heterocycles. The highest BCUT2D eigenvalue weighted by Crippen LogP contribution is 2.41. The van der Waals surface area contributed by atoms with Crippen LogP contribution >= 0.6 is 22.9 Å². The molecule has 0 aliphatic heterocycles. The Bertz CT molecular complexity index is 635. The Labute approximate surface area is 122 Å². The van der Waals surface area contributed by atoms with E-state index in [1.165, 1.54) is 10.4 Å². The average molecular weight is 294 g/mol. The lowest BCUT2D eigenvalue weighted by Crippen LogP contribution is -2.08. The lowest BCUT2D eigenvalue weighted by atomic mass is 10.1. The van der Waals surface area contributed by atoms with Crippen LogP contribution in [0.5, 0.6) is 5.75 Å². The van der Waals surface area contributed by atoms with Gasteiger partial charge in [-0.3, -0.25) is 0 Å². The number of benzene rings is 1. The second-order valence-corrected chi connectivity index (χ2v) is 6.89. The molecule has 3 rings (SSSR count). The van der Waals surface area contributed by atoms with Crippen molar-refractivity contribution >= 4 is 28.6 Å². The molecule has 0 amide bonds. The van der Waals surface area contributed by atoms with Gasteiger partial charge in [0.05, 0.1) is 10.4 Å². The first-order valence-corrected chi connectivity index (χ1v) is 7.59. The van der Waals surface area contributed by atoms with Crippen LogP contribution < -0.4 is 5.32 Å². The number of phenolic OH excluding ortho intramolecular Hbond substituents is 1. The average Bonchev–Trinajstić information content (AvgIpc) is 2.87. The number of anilines is 1. The van der Waals surface area contributed by atoms with Gasteiger partial charge in [-0.05, 0) is 61.6 Å². The molecule has 1 aromatic carbocycles. The van der Waals surface area contributed by atoms with Crippen molar-refractivity contribution in [3.8, 4) is 5.75 Å². The smallest absolute Gasteiger partial charge is 0.118 e. The second kappa shape index (κ2) is 4.73. The van der Waals surface area contributed by atoms with Crippen LogP contribution in [0.1, 0.15) is 34.0 Å². The molecule has 2 aromatic rings. The predicted molar refractivity (Wildman–Crippen MR) is 81.6 cm³/mol. The molecule has 1 atom stereocenters. The molecule has 1 aliphatic rings. The number of aromatic hydroxyl groups is 1. The van der Waals surface area contributed by atoms with Crippen molar-refractivity contribution in [2.75, 3.05) is 5.32 Å². The van der Waals surface area contributed by atoms with Crippen LogP contribution in [0.3, 0.4) is 0 Å². The molecule has 0 spiro atoms. The fourth-order valence-corrected chi connectivity index (χ4v) is 3.98. The molecule has 0 bridgehead atoms. The number of aryl methyl sites for hydroxylation is 3. The maximum Gasteiger partial charge on any atom is 0.118 e. The van der Waals surface area contributed by atoms with Gasteiger partial charge < -0.3 is 10.4 Å². The summed E-state index contributed by atoms with van der Waals surface area (Å²) in [5.41, 5.74) is 4.39. The Morgan fingerprint density at radius 1 is 1.26 bits per heavy atom. The predicted octanol–water partition coefficient (Wildman–Crippen LogP) is 4.82. The lowest BCUT2D eigenvalue weighted by Gasteiger charge is -2.17. The molecule has 1 aromatic heterocycles. The molecule has 4 heteroatoms. The van der Waals surface area contributed by atoms with Gasteiger partial charge in [-0.15, -0.1) is 11.3 Å². The van der Waals surface area contributed by atoms with Gasteiger partial charge in [-0.25, -0.2) is 0 Å². The minimum absolute atomic E-state index is 0.335. The Balaban J connectivity index is 1.89. The van der Waals surface area contributed by atoms with E-state index in [0.29, 0.717) is 11.8 Å². The number of nitrogens with one attached hydrogen (secondary N) is 1. The highest BCUT2D eigenvalue weighted by Gasteiger charge is 2.25. The van der Waals surface area contributed by atoms with E-state index in [-0.39, 0.29) is 0 Å². The van der Waals surface area contributed by atoms with E-state index in [0.717, 1.165) is 34.0 Å². The topological polar surface area (TPSA) is 32.3 Å². The summed E-state index contributed by atoms with van der Waals surface area (Å²) in [5.74, 6) is 0.355. The van der Waals surface area contributed by atoms with Crippen molar-refractivity contribution in [2.45, 2.75) is 32.7 Å². The standard InChI is InChI=1S/C15H16ClNOS/c1-8-6-13(18)9(2)5-12(8)17-11-3-4-14-10(11)7-15(16)19-14/h5-7,11,17-18H,3-4H2,1-2H3. The number of thiophene rings is 1. The highest BCUT2D eigenvalue weighted by molar-refractivity contribution is 7.16. The van der Waals surface area contributed by atoms with Crippen molar-refractivity contribution in [3.63, 3.8) is 0 Å². The summed E-state index contributed by atoms with van der Waals surface area (Å²) in [4.78, 5) is 1.40. The molecule has 1 heterocycles. The minimum atomic E-state index is 0.335. The first-order chi connectivity index (χ1) is 9.04. The molecule has 2 nitrogen and oxygen atoms in total. The van der Waals surface area contributed by atoms with E-state index in [9.17, 15) is 5.11 Å². The normalized spacial score (nSPS) is 17.5. The Kier molecular flexibility index (Phi) is 3.19.